The van der Waals surface area contributed by atoms with Crippen molar-refractivity contribution in [3.05, 3.63) is 12.7 Å². The van der Waals surface area contributed by atoms with Crippen molar-refractivity contribution in [1.29, 1.82) is 0 Å². The van der Waals surface area contributed by atoms with Crippen molar-refractivity contribution in [2.45, 2.75) is 73.3 Å². The van der Waals surface area contributed by atoms with Crippen molar-refractivity contribution in [3.63, 3.8) is 0 Å². The number of rotatable bonds is 4. The van der Waals surface area contributed by atoms with Crippen LogP contribution in [0.25, 0.3) is 0 Å². The molecule has 0 aromatic rings. The first-order valence-corrected chi connectivity index (χ1v) is 7.96. The lowest BCUT2D eigenvalue weighted by Crippen LogP contribution is -2.37. The fraction of sp³-hybridized carbons (Fsp3) is 0.833. The van der Waals surface area contributed by atoms with Gasteiger partial charge in [-0.15, -0.1) is 6.58 Å². The summed E-state index contributed by atoms with van der Waals surface area (Å²) in [6.07, 6.45) is 6.15. The van der Waals surface area contributed by atoms with Gasteiger partial charge in [0.2, 0.25) is 0 Å². The molecular formula is C18H32O2. The molecule has 1 aliphatic rings. The van der Waals surface area contributed by atoms with Crippen molar-refractivity contribution in [3.8, 4) is 0 Å². The number of carbonyl (C=O) groups excluding carboxylic acids is 1. The summed E-state index contributed by atoms with van der Waals surface area (Å²) in [4.78, 5) is 12.4. The van der Waals surface area contributed by atoms with Gasteiger partial charge in [0.15, 0.2) is 0 Å². The molecule has 1 atom stereocenters. The molecule has 2 heteroatoms. The number of esters is 1. The molecule has 0 spiro atoms. The van der Waals surface area contributed by atoms with E-state index < -0.39 is 5.41 Å². The second-order valence-corrected chi connectivity index (χ2v) is 7.89. The normalized spacial score (nSPS) is 26.9. The summed E-state index contributed by atoms with van der Waals surface area (Å²) >= 11 is 0. The van der Waals surface area contributed by atoms with E-state index in [2.05, 4.69) is 27.4 Å². The highest BCUT2D eigenvalue weighted by Gasteiger charge is 2.38. The van der Waals surface area contributed by atoms with Gasteiger partial charge in [-0.3, -0.25) is 4.79 Å². The SMILES string of the molecule is C=C[C@@](C)(C(=O)OC1CCC(C(C)(C)C)CC1)C(C)C. The molecule has 20 heavy (non-hydrogen) atoms. The van der Waals surface area contributed by atoms with Crippen LogP contribution in [0.3, 0.4) is 0 Å². The first-order chi connectivity index (χ1) is 9.11. The van der Waals surface area contributed by atoms with Crippen LogP contribution in [0.1, 0.15) is 67.2 Å². The second kappa shape index (κ2) is 6.32. The molecule has 0 unspecified atom stereocenters. The van der Waals surface area contributed by atoms with Crippen LogP contribution in [0.15, 0.2) is 12.7 Å². The summed E-state index contributed by atoms with van der Waals surface area (Å²) in [6.45, 7) is 16.7. The Morgan fingerprint density at radius 3 is 2.00 bits per heavy atom. The van der Waals surface area contributed by atoms with Gasteiger partial charge < -0.3 is 4.74 Å². The summed E-state index contributed by atoms with van der Waals surface area (Å²) in [5, 5.41) is 0. The Morgan fingerprint density at radius 2 is 1.65 bits per heavy atom. The highest BCUT2D eigenvalue weighted by molar-refractivity contribution is 5.79. The first kappa shape index (κ1) is 17.3. The van der Waals surface area contributed by atoms with E-state index in [-0.39, 0.29) is 18.0 Å². The molecule has 0 N–H and O–H groups in total. The molecule has 1 rings (SSSR count). The van der Waals surface area contributed by atoms with Crippen LogP contribution in [0.4, 0.5) is 0 Å². The molecule has 2 nitrogen and oxygen atoms in total. The van der Waals surface area contributed by atoms with E-state index in [0.29, 0.717) is 5.41 Å². The van der Waals surface area contributed by atoms with Gasteiger partial charge in [0.1, 0.15) is 6.10 Å². The molecule has 0 saturated heterocycles. The van der Waals surface area contributed by atoms with Gasteiger partial charge in [0.25, 0.3) is 0 Å². The van der Waals surface area contributed by atoms with Crippen LogP contribution >= 0.6 is 0 Å². The summed E-state index contributed by atoms with van der Waals surface area (Å²) in [6, 6.07) is 0. The van der Waals surface area contributed by atoms with Crippen LogP contribution in [0.5, 0.6) is 0 Å². The monoisotopic (exact) mass is 280 g/mol. The van der Waals surface area contributed by atoms with Crippen molar-refractivity contribution in [1.82, 2.24) is 0 Å². The maximum Gasteiger partial charge on any atom is 0.316 e. The predicted molar refractivity (Wildman–Crippen MR) is 84.4 cm³/mol. The Labute approximate surface area is 125 Å². The first-order valence-electron chi connectivity index (χ1n) is 7.96. The summed E-state index contributed by atoms with van der Waals surface area (Å²) in [5.74, 6) is 0.841. The molecule has 0 aromatic carbocycles. The van der Waals surface area contributed by atoms with Crippen LogP contribution in [0.2, 0.25) is 0 Å². The topological polar surface area (TPSA) is 26.3 Å². The van der Waals surface area contributed by atoms with E-state index in [0.717, 1.165) is 31.6 Å². The molecule has 1 aliphatic carbocycles. The molecule has 0 bridgehead atoms. The van der Waals surface area contributed by atoms with Crippen molar-refractivity contribution < 1.29 is 9.53 Å². The molecule has 1 saturated carbocycles. The smallest absolute Gasteiger partial charge is 0.316 e. The van der Waals surface area contributed by atoms with Crippen LogP contribution < -0.4 is 0 Å². The fourth-order valence-corrected chi connectivity index (χ4v) is 2.88. The van der Waals surface area contributed by atoms with Crippen molar-refractivity contribution in [2.24, 2.45) is 22.7 Å². The summed E-state index contributed by atoms with van der Waals surface area (Å²) in [5.41, 5.74) is -0.205. The standard InChI is InChI=1S/C18H32O2/c1-8-18(7,13(2)3)16(19)20-15-11-9-14(10-12-15)17(4,5)6/h8,13-15H,1,9-12H2,2-7H3/t14?,15?,18-/m1/s1. The molecule has 0 heterocycles. The Morgan fingerprint density at radius 1 is 1.15 bits per heavy atom. The Kier molecular flexibility index (Phi) is 5.46. The Bertz CT molecular complexity index is 343. The minimum absolute atomic E-state index is 0.0964. The highest BCUT2D eigenvalue weighted by atomic mass is 16.5. The lowest BCUT2D eigenvalue weighted by Gasteiger charge is -2.38. The van der Waals surface area contributed by atoms with E-state index in [1.165, 1.54) is 0 Å². The number of ether oxygens (including phenoxy) is 1. The van der Waals surface area contributed by atoms with Crippen LogP contribution in [0, 0.1) is 22.7 Å². The van der Waals surface area contributed by atoms with E-state index >= 15 is 0 Å². The van der Waals surface area contributed by atoms with Gasteiger partial charge in [-0.2, -0.15) is 0 Å². The molecule has 0 aliphatic heterocycles. The van der Waals surface area contributed by atoms with Crippen molar-refractivity contribution >= 4 is 5.97 Å². The third-order valence-electron chi connectivity index (χ3n) is 5.24. The average molecular weight is 280 g/mol. The number of carbonyl (C=O) groups is 1. The fourth-order valence-electron chi connectivity index (χ4n) is 2.88. The third kappa shape index (κ3) is 3.86. The largest absolute Gasteiger partial charge is 0.462 e. The molecule has 116 valence electrons. The lowest BCUT2D eigenvalue weighted by molar-refractivity contribution is -0.162. The third-order valence-corrected chi connectivity index (χ3v) is 5.24. The van der Waals surface area contributed by atoms with E-state index in [1.54, 1.807) is 6.08 Å². The van der Waals surface area contributed by atoms with Crippen LogP contribution in [-0.4, -0.2) is 12.1 Å². The van der Waals surface area contributed by atoms with E-state index in [1.807, 2.05) is 20.8 Å². The second-order valence-electron chi connectivity index (χ2n) is 7.89. The van der Waals surface area contributed by atoms with E-state index in [4.69, 9.17) is 4.74 Å². The number of hydrogen-bond donors (Lipinski definition) is 0. The van der Waals surface area contributed by atoms with Gasteiger partial charge in [-0.05, 0) is 49.9 Å². The number of hydrogen-bond acceptors (Lipinski definition) is 2. The van der Waals surface area contributed by atoms with E-state index in [9.17, 15) is 4.79 Å². The maximum atomic E-state index is 12.4. The molecule has 1 fully saturated rings. The van der Waals surface area contributed by atoms with Crippen LogP contribution in [-0.2, 0) is 9.53 Å². The Hall–Kier alpha value is -0.790. The van der Waals surface area contributed by atoms with Gasteiger partial charge in [0, 0.05) is 0 Å². The molecule has 0 aromatic heterocycles. The molecule has 0 radical (unpaired) electrons. The zero-order valence-corrected chi connectivity index (χ0v) is 14.2. The lowest BCUT2D eigenvalue weighted by atomic mass is 9.72. The zero-order valence-electron chi connectivity index (χ0n) is 14.2. The maximum absolute atomic E-state index is 12.4. The van der Waals surface area contributed by atoms with Crippen molar-refractivity contribution in [2.75, 3.05) is 0 Å². The zero-order chi connectivity index (χ0) is 15.6. The molecule has 0 amide bonds. The average Bonchev–Trinajstić information content (AvgIpc) is 2.36. The Balaban J connectivity index is 2.56. The van der Waals surface area contributed by atoms with Gasteiger partial charge in [-0.25, -0.2) is 0 Å². The van der Waals surface area contributed by atoms with Gasteiger partial charge >= 0.3 is 5.97 Å². The quantitative estimate of drug-likeness (QED) is 0.536. The summed E-state index contributed by atoms with van der Waals surface area (Å²) < 4.78 is 5.76. The highest BCUT2D eigenvalue weighted by Crippen LogP contribution is 2.39. The predicted octanol–water partition coefficient (Wildman–Crippen LogP) is 4.98. The van der Waals surface area contributed by atoms with Gasteiger partial charge in [-0.1, -0.05) is 40.7 Å². The minimum Gasteiger partial charge on any atom is -0.462 e. The van der Waals surface area contributed by atoms with Gasteiger partial charge in [0.05, 0.1) is 5.41 Å². The molecular weight excluding hydrogens is 248 g/mol. The summed E-state index contributed by atoms with van der Waals surface area (Å²) in [7, 11) is 0. The minimum atomic E-state index is -0.569.